The van der Waals surface area contributed by atoms with Crippen LogP contribution in [0.5, 0.6) is 11.6 Å². The summed E-state index contributed by atoms with van der Waals surface area (Å²) in [6.07, 6.45) is -8.27. The minimum Gasteiger partial charge on any atom is -0.494 e. The summed E-state index contributed by atoms with van der Waals surface area (Å²) in [5.74, 6) is -1.37. The number of carbonyl (C=O) groups is 1. The van der Waals surface area contributed by atoms with E-state index in [1.165, 1.54) is 23.9 Å². The van der Waals surface area contributed by atoms with Gasteiger partial charge >= 0.3 is 18.3 Å². The molecule has 0 spiro atoms. The van der Waals surface area contributed by atoms with Gasteiger partial charge in [-0.2, -0.15) is 26.3 Å². The molecule has 0 amide bonds. The number of pyridine rings is 1. The Kier molecular flexibility index (Phi) is 9.06. The summed E-state index contributed by atoms with van der Waals surface area (Å²) in [5.41, 5.74) is -2.79. The monoisotopic (exact) mass is 675 g/mol. The van der Waals surface area contributed by atoms with Gasteiger partial charge in [0.25, 0.3) is 0 Å². The Morgan fingerprint density at radius 2 is 1.76 bits per heavy atom. The highest BCUT2D eigenvalue weighted by molar-refractivity contribution is 7.99. The zero-order valence-corrected chi connectivity index (χ0v) is 25.3. The van der Waals surface area contributed by atoms with Crippen LogP contribution in [0, 0.1) is 0 Å². The summed E-state index contributed by atoms with van der Waals surface area (Å²) in [6, 6.07) is 6.89. The third kappa shape index (κ3) is 7.51. The van der Waals surface area contributed by atoms with Crippen molar-refractivity contribution in [2.24, 2.45) is 0 Å². The van der Waals surface area contributed by atoms with Crippen LogP contribution in [0.2, 0.25) is 0 Å². The van der Waals surface area contributed by atoms with E-state index in [9.17, 15) is 39.6 Å². The minimum absolute atomic E-state index is 0.0449. The van der Waals surface area contributed by atoms with Crippen LogP contribution >= 0.6 is 11.8 Å². The Labute approximate surface area is 258 Å². The molecule has 15 heteroatoms. The Balaban J connectivity index is 1.49. The summed E-state index contributed by atoms with van der Waals surface area (Å²) in [7, 11) is -3.40. The van der Waals surface area contributed by atoms with Gasteiger partial charge in [0, 0.05) is 40.6 Å². The highest BCUT2D eigenvalue weighted by Crippen LogP contribution is 2.50. The van der Waals surface area contributed by atoms with Crippen LogP contribution in [0.1, 0.15) is 59.1 Å². The lowest BCUT2D eigenvalue weighted by atomic mass is 9.88. The van der Waals surface area contributed by atoms with Gasteiger partial charge in [-0.05, 0) is 53.6 Å². The van der Waals surface area contributed by atoms with Crippen molar-refractivity contribution in [3.05, 3.63) is 70.4 Å². The van der Waals surface area contributed by atoms with Gasteiger partial charge in [0.05, 0.1) is 29.9 Å². The van der Waals surface area contributed by atoms with Crippen LogP contribution in [-0.4, -0.2) is 48.8 Å². The number of benzene rings is 2. The molecular formula is C30H27F6NO6S2. The Hall–Kier alpha value is -3.46. The second kappa shape index (κ2) is 12.4. The van der Waals surface area contributed by atoms with E-state index in [4.69, 9.17) is 14.6 Å². The van der Waals surface area contributed by atoms with Crippen molar-refractivity contribution in [1.82, 2.24) is 4.98 Å². The number of hydrogen-bond donors (Lipinski definition) is 1. The summed E-state index contributed by atoms with van der Waals surface area (Å²) >= 11 is 1.46. The SMILES string of the molecule is CS(=O)(=O)CCCOc1cc(C(F)(F)F)c(-c2cccc3c2CCC3Oc2cc3c(cn2)C(CC(=O)O)CS3)c(C(F)(F)F)c1. The molecule has 2 aliphatic rings. The smallest absolute Gasteiger partial charge is 0.417 e. The Bertz CT molecular complexity index is 1690. The number of halogens is 6. The zero-order chi connectivity index (χ0) is 32.7. The third-order valence-corrected chi connectivity index (χ3v) is 9.83. The van der Waals surface area contributed by atoms with E-state index in [0.29, 0.717) is 23.4 Å². The number of aromatic nitrogens is 1. The van der Waals surface area contributed by atoms with Crippen LogP contribution in [0.15, 0.2) is 47.5 Å². The normalized spacial score (nSPS) is 18.0. The van der Waals surface area contributed by atoms with Crippen molar-refractivity contribution in [2.45, 2.75) is 55.0 Å². The predicted molar refractivity (Wildman–Crippen MR) is 153 cm³/mol. The van der Waals surface area contributed by atoms with Crippen molar-refractivity contribution in [2.75, 3.05) is 24.4 Å². The second-order valence-corrected chi connectivity index (χ2v) is 14.2. The number of ether oxygens (including phenoxy) is 2. The summed E-state index contributed by atoms with van der Waals surface area (Å²) in [6.45, 7) is -0.393. The predicted octanol–water partition coefficient (Wildman–Crippen LogP) is 7.33. The van der Waals surface area contributed by atoms with Crippen LogP contribution in [0.25, 0.3) is 11.1 Å². The maximum Gasteiger partial charge on any atom is 0.417 e. The van der Waals surface area contributed by atoms with Crippen molar-refractivity contribution >= 4 is 27.6 Å². The molecular weight excluding hydrogens is 648 g/mol. The molecule has 2 atom stereocenters. The van der Waals surface area contributed by atoms with E-state index in [0.717, 1.165) is 16.7 Å². The van der Waals surface area contributed by atoms with Gasteiger partial charge in [-0.15, -0.1) is 11.8 Å². The molecule has 0 bridgehead atoms. The van der Waals surface area contributed by atoms with Gasteiger partial charge in [-0.1, -0.05) is 18.2 Å². The average Bonchev–Trinajstić information content (AvgIpc) is 3.52. The first-order valence-corrected chi connectivity index (χ1v) is 16.8. The molecule has 2 aromatic carbocycles. The fourth-order valence-electron chi connectivity index (χ4n) is 5.65. The molecule has 0 saturated heterocycles. The molecule has 0 saturated carbocycles. The topological polar surface area (TPSA) is 103 Å². The van der Waals surface area contributed by atoms with Crippen LogP contribution in [0.3, 0.4) is 0 Å². The van der Waals surface area contributed by atoms with Gasteiger partial charge in [0.2, 0.25) is 5.88 Å². The molecule has 2 unspecified atom stereocenters. The van der Waals surface area contributed by atoms with E-state index in [2.05, 4.69) is 4.98 Å². The van der Waals surface area contributed by atoms with E-state index in [1.54, 1.807) is 18.3 Å². The van der Waals surface area contributed by atoms with E-state index in [1.807, 2.05) is 0 Å². The fourth-order valence-corrected chi connectivity index (χ4v) is 7.54. The van der Waals surface area contributed by atoms with Gasteiger partial charge in [-0.3, -0.25) is 4.79 Å². The number of aliphatic carboxylic acids is 1. The number of hydrogen-bond acceptors (Lipinski definition) is 7. The number of fused-ring (bicyclic) bond motifs is 2. The molecule has 5 rings (SSSR count). The summed E-state index contributed by atoms with van der Waals surface area (Å²) in [4.78, 5) is 16.3. The molecule has 1 aromatic heterocycles. The highest BCUT2D eigenvalue weighted by atomic mass is 32.2. The lowest BCUT2D eigenvalue weighted by Gasteiger charge is -2.23. The van der Waals surface area contributed by atoms with Crippen molar-refractivity contribution in [3.8, 4) is 22.8 Å². The lowest BCUT2D eigenvalue weighted by molar-refractivity contribution is -0.142. The van der Waals surface area contributed by atoms with Gasteiger partial charge in [0.1, 0.15) is 21.7 Å². The molecule has 2 heterocycles. The van der Waals surface area contributed by atoms with E-state index < -0.39 is 63.3 Å². The first-order chi connectivity index (χ1) is 21.0. The number of nitrogens with zero attached hydrogens (tertiary/aromatic N) is 1. The number of carboxylic acid groups (broad SMARTS) is 1. The largest absolute Gasteiger partial charge is 0.494 e. The molecule has 242 valence electrons. The van der Waals surface area contributed by atoms with Gasteiger partial charge < -0.3 is 14.6 Å². The van der Waals surface area contributed by atoms with E-state index >= 15 is 0 Å². The number of rotatable bonds is 10. The zero-order valence-electron chi connectivity index (χ0n) is 23.7. The molecule has 3 aromatic rings. The molecule has 7 nitrogen and oxygen atoms in total. The van der Waals surface area contributed by atoms with Crippen LogP contribution in [0.4, 0.5) is 26.3 Å². The Morgan fingerprint density at radius 3 is 2.38 bits per heavy atom. The minimum atomic E-state index is -5.18. The number of carboxylic acids is 1. The number of thioether (sulfide) groups is 1. The molecule has 0 radical (unpaired) electrons. The molecule has 0 fully saturated rings. The van der Waals surface area contributed by atoms with Gasteiger partial charge in [-0.25, -0.2) is 13.4 Å². The number of alkyl halides is 6. The maximum atomic E-state index is 14.4. The van der Waals surface area contributed by atoms with Crippen molar-refractivity contribution in [1.29, 1.82) is 0 Å². The van der Waals surface area contributed by atoms with E-state index in [-0.39, 0.29) is 54.4 Å². The second-order valence-electron chi connectivity index (χ2n) is 10.9. The van der Waals surface area contributed by atoms with Crippen LogP contribution < -0.4 is 9.47 Å². The molecule has 45 heavy (non-hydrogen) atoms. The average molecular weight is 676 g/mol. The van der Waals surface area contributed by atoms with Crippen molar-refractivity contribution < 1.29 is 54.1 Å². The molecule has 1 aliphatic heterocycles. The highest BCUT2D eigenvalue weighted by Gasteiger charge is 2.43. The fraction of sp³-hybridized carbons (Fsp3) is 0.400. The van der Waals surface area contributed by atoms with Crippen molar-refractivity contribution in [3.63, 3.8) is 0 Å². The first kappa shape index (κ1) is 32.9. The van der Waals surface area contributed by atoms with Crippen LogP contribution in [-0.2, 0) is 33.4 Å². The maximum absolute atomic E-state index is 14.4. The quantitative estimate of drug-likeness (QED) is 0.176. The number of sulfone groups is 1. The summed E-state index contributed by atoms with van der Waals surface area (Å²) in [5, 5.41) is 9.14. The lowest BCUT2D eigenvalue weighted by Crippen LogP contribution is -2.16. The first-order valence-electron chi connectivity index (χ1n) is 13.8. The molecule has 1 N–H and O–H groups in total. The standard InChI is InChI=1S/C30H27F6NO6S2/c1-45(40,41)9-3-8-42-17-11-22(29(31,32)33)28(23(12-17)30(34,35)36)20-5-2-4-19-18(20)6-7-24(19)43-26-13-25-21(14-37-26)16(15-44-25)10-27(38)39/h2,4-5,11-14,16,24H,3,6-10,15H2,1H3,(H,38,39). The van der Waals surface area contributed by atoms with Gasteiger partial charge in [0.15, 0.2) is 0 Å². The Morgan fingerprint density at radius 1 is 1.07 bits per heavy atom. The molecule has 1 aliphatic carbocycles. The third-order valence-electron chi connectivity index (χ3n) is 7.57. The summed E-state index contributed by atoms with van der Waals surface area (Å²) < 4.78 is 120.